The smallest absolute Gasteiger partial charge is 0.335 e. The molecule has 31 heavy (non-hydrogen) atoms. The van der Waals surface area contributed by atoms with Crippen LogP contribution in [0.4, 0.5) is 0 Å². The van der Waals surface area contributed by atoms with Gasteiger partial charge in [0, 0.05) is 22.4 Å². The lowest BCUT2D eigenvalue weighted by molar-refractivity contribution is -0.388. The molecule has 10 heteroatoms. The maximum absolute atomic E-state index is 11.5. The topological polar surface area (TPSA) is 144 Å². The van der Waals surface area contributed by atoms with Gasteiger partial charge in [0.15, 0.2) is 30.8 Å². The van der Waals surface area contributed by atoms with Crippen molar-refractivity contribution in [3.8, 4) is 0 Å². The molecular formula is C21H32O10. The Morgan fingerprint density at radius 3 is 2.55 bits per heavy atom. The molecule has 4 aliphatic heterocycles. The monoisotopic (exact) mass is 447 g/mol. The van der Waals surface area contributed by atoms with Crippen LogP contribution >= 0.6 is 0 Å². The summed E-state index contributed by atoms with van der Waals surface area (Å²) in [7, 11) is 0. The van der Waals surface area contributed by atoms with Gasteiger partial charge in [-0.15, -0.1) is 0 Å². The quantitative estimate of drug-likeness (QED) is 0.473. The Balaban J connectivity index is 1.49. The van der Waals surface area contributed by atoms with Crippen molar-refractivity contribution in [3.63, 3.8) is 0 Å². The van der Waals surface area contributed by atoms with Gasteiger partial charge in [0.2, 0.25) is 0 Å². The number of aliphatic carboxylic acids is 1. The number of fused-ring (bicyclic) bond motifs is 1. The van der Waals surface area contributed by atoms with Gasteiger partial charge >= 0.3 is 5.97 Å². The molecule has 1 unspecified atom stereocenters. The van der Waals surface area contributed by atoms with Crippen LogP contribution in [0.2, 0.25) is 0 Å². The molecule has 4 saturated heterocycles. The van der Waals surface area contributed by atoms with Gasteiger partial charge in [0.05, 0.1) is 0 Å². The molecule has 5 rings (SSSR count). The van der Waals surface area contributed by atoms with Crippen molar-refractivity contribution in [1.29, 1.82) is 0 Å². The minimum atomic E-state index is -2.55. The lowest BCUT2D eigenvalue weighted by Crippen LogP contribution is -2.67. The molecule has 4 heterocycles. The van der Waals surface area contributed by atoms with E-state index < -0.39 is 79.3 Å². The summed E-state index contributed by atoms with van der Waals surface area (Å²) in [6.07, 6.45) is -8.87. The largest absolute Gasteiger partial charge is 0.479 e. The van der Waals surface area contributed by atoms with E-state index in [0.29, 0.717) is 12.8 Å². The van der Waals surface area contributed by atoms with Crippen molar-refractivity contribution < 1.29 is 53.0 Å². The number of carboxylic acid groups (broad SMARTS) is 1. The molecule has 4 N–H and O–H groups in total. The first kappa shape index (κ1) is 18.6. The van der Waals surface area contributed by atoms with E-state index in [1.807, 2.05) is 0 Å². The van der Waals surface area contributed by atoms with Crippen LogP contribution in [0, 0.1) is 23.7 Å². The highest BCUT2D eigenvalue weighted by molar-refractivity contribution is 5.73. The highest BCUT2D eigenvalue weighted by atomic mass is 16.9. The summed E-state index contributed by atoms with van der Waals surface area (Å²) < 4.78 is 54.6. The third kappa shape index (κ3) is 3.11. The van der Waals surface area contributed by atoms with E-state index in [1.54, 1.807) is 6.92 Å². The molecule has 0 aromatic carbocycles. The van der Waals surface area contributed by atoms with Crippen molar-refractivity contribution in [2.24, 2.45) is 23.7 Å². The Morgan fingerprint density at radius 2 is 1.84 bits per heavy atom. The van der Waals surface area contributed by atoms with Crippen molar-refractivity contribution in [2.75, 3.05) is 0 Å². The van der Waals surface area contributed by atoms with Gasteiger partial charge in [-0.1, -0.05) is 13.8 Å². The number of hydrogen-bond acceptors (Lipinski definition) is 9. The fourth-order valence-corrected chi connectivity index (χ4v) is 6.30. The summed E-state index contributed by atoms with van der Waals surface area (Å²) in [5, 5.41) is 39.8. The zero-order valence-corrected chi connectivity index (χ0v) is 17.4. The summed E-state index contributed by atoms with van der Waals surface area (Å²) in [4.78, 5) is 11.5. The number of ether oxygens (including phenoxy) is 5. The molecule has 1 spiro atoms. The van der Waals surface area contributed by atoms with E-state index in [1.165, 1.54) is 0 Å². The minimum Gasteiger partial charge on any atom is -0.479 e. The van der Waals surface area contributed by atoms with E-state index in [2.05, 4.69) is 6.92 Å². The standard InChI is InChI=1S/C21H32O10/c1-8-4-5-11-9(2)17(28-18-14(24)12(22)13(23)15(27-18)16(25)26)29-19-21(11)10(8)6-7-20(3,30-19)31-21/h8-15,17-19,22-24H,4-7H2,1-3H3,(H,25,26)/t8-,9-,10+,11+,12+,13+,14-,15+,17?,18+,19+,20-,21-/m1/s1/i2D3. The second-order valence-corrected chi connectivity index (χ2v) is 9.75. The average molecular weight is 447 g/mol. The van der Waals surface area contributed by atoms with Crippen LogP contribution in [0.3, 0.4) is 0 Å². The van der Waals surface area contributed by atoms with Crippen LogP contribution in [0.5, 0.6) is 0 Å². The third-order valence-corrected chi connectivity index (χ3v) is 7.87. The van der Waals surface area contributed by atoms with Crippen LogP contribution in [0.1, 0.15) is 50.5 Å². The first-order chi connectivity index (χ1) is 15.8. The molecule has 0 amide bonds. The highest BCUT2D eigenvalue weighted by Crippen LogP contribution is 2.63. The number of carboxylic acids is 1. The number of aliphatic hydroxyl groups excluding tert-OH is 3. The summed E-state index contributed by atoms with van der Waals surface area (Å²) in [6, 6.07) is 0. The Bertz CT molecular complexity index is 827. The van der Waals surface area contributed by atoms with Gasteiger partial charge in [-0.2, -0.15) is 0 Å². The van der Waals surface area contributed by atoms with E-state index in [4.69, 9.17) is 27.8 Å². The maximum Gasteiger partial charge on any atom is 0.335 e. The molecule has 1 saturated carbocycles. The predicted octanol–water partition coefficient (Wildman–Crippen LogP) is 0.172. The molecule has 5 aliphatic rings. The normalized spacial score (nSPS) is 60.4. The Labute approximate surface area is 184 Å². The van der Waals surface area contributed by atoms with Crippen molar-refractivity contribution in [2.45, 2.75) is 101 Å². The average Bonchev–Trinajstić information content (AvgIpc) is 2.96. The Morgan fingerprint density at radius 1 is 1.06 bits per heavy atom. The second-order valence-electron chi connectivity index (χ2n) is 9.75. The zero-order valence-electron chi connectivity index (χ0n) is 20.4. The molecule has 1 aliphatic carbocycles. The number of rotatable bonds is 3. The Kier molecular flexibility index (Phi) is 4.39. The molecule has 0 radical (unpaired) electrons. The number of aliphatic hydroxyl groups is 3. The maximum atomic E-state index is 11.5. The zero-order chi connectivity index (χ0) is 24.8. The van der Waals surface area contributed by atoms with Gasteiger partial charge in [0.1, 0.15) is 23.9 Å². The van der Waals surface area contributed by atoms with E-state index >= 15 is 0 Å². The first-order valence-electron chi connectivity index (χ1n) is 12.4. The number of carbonyl (C=O) groups is 1. The summed E-state index contributed by atoms with van der Waals surface area (Å²) in [5.41, 5.74) is -0.963. The van der Waals surface area contributed by atoms with Gasteiger partial charge in [-0.3, -0.25) is 0 Å². The fourth-order valence-electron chi connectivity index (χ4n) is 6.30. The molecule has 0 aromatic heterocycles. The fraction of sp³-hybridized carbons (Fsp3) is 0.952. The Hall–Kier alpha value is -0.850. The lowest BCUT2D eigenvalue weighted by Gasteiger charge is -2.58. The minimum absolute atomic E-state index is 0.0301. The molecule has 176 valence electrons. The van der Waals surface area contributed by atoms with Crippen LogP contribution in [-0.2, 0) is 28.5 Å². The van der Waals surface area contributed by atoms with Crippen LogP contribution in [-0.4, -0.2) is 81.1 Å². The van der Waals surface area contributed by atoms with Gasteiger partial charge in [-0.05, 0) is 38.0 Å². The van der Waals surface area contributed by atoms with Crippen LogP contribution < -0.4 is 0 Å². The van der Waals surface area contributed by atoms with E-state index in [9.17, 15) is 25.2 Å². The summed E-state index contributed by atoms with van der Waals surface area (Å²) in [6.45, 7) is 1.37. The molecular weight excluding hydrogens is 412 g/mol. The van der Waals surface area contributed by atoms with Crippen molar-refractivity contribution in [1.82, 2.24) is 0 Å². The molecule has 0 aromatic rings. The number of hydrogen-bond donors (Lipinski definition) is 4. The highest BCUT2D eigenvalue weighted by Gasteiger charge is 2.71. The van der Waals surface area contributed by atoms with Crippen LogP contribution in [0.15, 0.2) is 0 Å². The van der Waals surface area contributed by atoms with Crippen molar-refractivity contribution in [3.05, 3.63) is 0 Å². The van der Waals surface area contributed by atoms with Crippen molar-refractivity contribution >= 4 is 5.97 Å². The molecule has 5 fully saturated rings. The third-order valence-electron chi connectivity index (χ3n) is 7.87. The predicted molar refractivity (Wildman–Crippen MR) is 101 cm³/mol. The first-order valence-corrected chi connectivity index (χ1v) is 10.9. The summed E-state index contributed by atoms with van der Waals surface area (Å²) in [5.74, 6) is -3.90. The molecule has 13 atom stereocenters. The lowest BCUT2D eigenvalue weighted by atomic mass is 9.57. The summed E-state index contributed by atoms with van der Waals surface area (Å²) >= 11 is 0. The van der Waals surface area contributed by atoms with Crippen LogP contribution in [0.25, 0.3) is 0 Å². The van der Waals surface area contributed by atoms with Gasteiger partial charge in [-0.25, -0.2) is 4.79 Å². The second kappa shape index (κ2) is 7.33. The van der Waals surface area contributed by atoms with Gasteiger partial charge in [0.25, 0.3) is 0 Å². The van der Waals surface area contributed by atoms with Gasteiger partial charge < -0.3 is 44.1 Å². The van der Waals surface area contributed by atoms with E-state index in [-0.39, 0.29) is 11.8 Å². The molecule has 10 nitrogen and oxygen atoms in total. The molecule has 2 bridgehead atoms. The SMILES string of the molecule is [2H]C([2H])([2H])[C@H]1C(O[C@@H]2O[C@H](C(=O)O)[C@@H](O)[C@H](O)[C@H]2O)O[C@H]2O[C@@]3(C)CC[C@H]4[C@H](C)CC[C@@H]1[C@@]24O3. The van der Waals surface area contributed by atoms with E-state index in [0.717, 1.165) is 12.8 Å².